The van der Waals surface area contributed by atoms with Crippen molar-refractivity contribution in [2.75, 3.05) is 6.61 Å². The summed E-state index contributed by atoms with van der Waals surface area (Å²) in [6, 6.07) is 1.82. The minimum absolute atomic E-state index is 0.285. The number of carboxylic acids is 1. The zero-order valence-corrected chi connectivity index (χ0v) is 10.5. The van der Waals surface area contributed by atoms with Crippen LogP contribution in [-0.2, 0) is 0 Å². The zero-order chi connectivity index (χ0) is 12.1. The summed E-state index contributed by atoms with van der Waals surface area (Å²) in [5.74, 6) is -0.131. The molecule has 16 heavy (non-hydrogen) atoms. The van der Waals surface area contributed by atoms with Gasteiger partial charge in [0.2, 0.25) is 0 Å². The molecule has 1 rings (SSSR count). The van der Waals surface area contributed by atoms with Crippen LogP contribution in [0.1, 0.15) is 41.2 Å². The van der Waals surface area contributed by atoms with Crippen molar-refractivity contribution in [1.29, 1.82) is 0 Å². The maximum absolute atomic E-state index is 11.0. The van der Waals surface area contributed by atoms with Crippen molar-refractivity contribution in [3.8, 4) is 5.75 Å². The van der Waals surface area contributed by atoms with Crippen LogP contribution in [0.4, 0.5) is 0 Å². The highest BCUT2D eigenvalue weighted by Gasteiger charge is 2.17. The van der Waals surface area contributed by atoms with E-state index < -0.39 is 5.97 Å². The average molecular weight is 240 g/mol. The Morgan fingerprint density at radius 3 is 2.81 bits per heavy atom. The summed E-state index contributed by atoms with van der Waals surface area (Å²) in [4.78, 5) is 12.3. The van der Waals surface area contributed by atoms with E-state index in [1.807, 2.05) is 39.0 Å². The minimum atomic E-state index is -0.924. The Hall–Kier alpha value is -1.29. The molecular formula is C12H16O3S. The van der Waals surface area contributed by atoms with Gasteiger partial charge in [-0.15, -0.1) is 11.3 Å². The smallest absolute Gasteiger partial charge is 0.349 e. The van der Waals surface area contributed by atoms with Gasteiger partial charge < -0.3 is 9.84 Å². The van der Waals surface area contributed by atoms with Crippen LogP contribution in [0.25, 0.3) is 0 Å². The SMILES string of the molecule is CC=CCOc1cc(C(C)C)sc1C(=O)O. The Labute approximate surface area is 99.4 Å². The van der Waals surface area contributed by atoms with Gasteiger partial charge in [-0.1, -0.05) is 26.0 Å². The van der Waals surface area contributed by atoms with Gasteiger partial charge in [0, 0.05) is 4.88 Å². The van der Waals surface area contributed by atoms with Crippen LogP contribution in [-0.4, -0.2) is 17.7 Å². The highest BCUT2D eigenvalue weighted by Crippen LogP contribution is 2.33. The molecule has 88 valence electrons. The van der Waals surface area contributed by atoms with Crippen LogP contribution in [0.2, 0.25) is 0 Å². The van der Waals surface area contributed by atoms with Gasteiger partial charge in [0.05, 0.1) is 0 Å². The maximum Gasteiger partial charge on any atom is 0.349 e. The number of thiophene rings is 1. The lowest BCUT2D eigenvalue weighted by Gasteiger charge is -2.00. The van der Waals surface area contributed by atoms with Gasteiger partial charge in [-0.25, -0.2) is 4.79 Å². The van der Waals surface area contributed by atoms with Crippen molar-refractivity contribution in [3.63, 3.8) is 0 Å². The highest BCUT2D eigenvalue weighted by atomic mass is 32.1. The predicted octanol–water partition coefficient (Wildman–Crippen LogP) is 3.52. The molecule has 0 amide bonds. The number of carboxylic acid groups (broad SMARTS) is 1. The lowest BCUT2D eigenvalue weighted by atomic mass is 10.2. The van der Waals surface area contributed by atoms with E-state index in [1.54, 1.807) is 0 Å². The lowest BCUT2D eigenvalue weighted by molar-refractivity contribution is 0.0698. The predicted molar refractivity (Wildman–Crippen MR) is 65.7 cm³/mol. The van der Waals surface area contributed by atoms with Crippen molar-refractivity contribution in [2.45, 2.75) is 26.7 Å². The molecule has 1 heterocycles. The Morgan fingerprint density at radius 2 is 2.31 bits per heavy atom. The summed E-state index contributed by atoms with van der Waals surface area (Å²) < 4.78 is 5.41. The van der Waals surface area contributed by atoms with E-state index in [4.69, 9.17) is 9.84 Å². The fraction of sp³-hybridized carbons (Fsp3) is 0.417. The number of carbonyl (C=O) groups is 1. The van der Waals surface area contributed by atoms with Gasteiger partial charge in [-0.2, -0.15) is 0 Å². The number of allylic oxidation sites excluding steroid dienone is 1. The molecule has 0 aliphatic heterocycles. The first kappa shape index (κ1) is 12.8. The second-order valence-electron chi connectivity index (χ2n) is 3.68. The third kappa shape index (κ3) is 3.10. The summed E-state index contributed by atoms with van der Waals surface area (Å²) in [5.41, 5.74) is 0. The van der Waals surface area contributed by atoms with E-state index in [1.165, 1.54) is 11.3 Å². The van der Waals surface area contributed by atoms with Crippen LogP contribution in [0.3, 0.4) is 0 Å². The van der Waals surface area contributed by atoms with Crippen molar-refractivity contribution >= 4 is 17.3 Å². The maximum atomic E-state index is 11.0. The van der Waals surface area contributed by atoms with Gasteiger partial charge in [-0.05, 0) is 18.9 Å². The third-order valence-electron chi connectivity index (χ3n) is 2.05. The summed E-state index contributed by atoms with van der Waals surface area (Å²) in [6.07, 6.45) is 3.72. The minimum Gasteiger partial charge on any atom is -0.488 e. The highest BCUT2D eigenvalue weighted by molar-refractivity contribution is 7.14. The zero-order valence-electron chi connectivity index (χ0n) is 9.69. The average Bonchev–Trinajstić information content (AvgIpc) is 2.62. The number of hydrogen-bond donors (Lipinski definition) is 1. The summed E-state index contributed by atoms with van der Waals surface area (Å²) in [6.45, 7) is 6.38. The monoisotopic (exact) mass is 240 g/mol. The first-order valence-corrected chi connectivity index (χ1v) is 5.98. The number of aromatic carboxylic acids is 1. The fourth-order valence-electron chi connectivity index (χ4n) is 1.17. The standard InChI is InChI=1S/C12H16O3S/c1-4-5-6-15-9-7-10(8(2)3)16-11(9)12(13)14/h4-5,7-8H,6H2,1-3H3,(H,13,14). The van der Waals surface area contributed by atoms with E-state index in [9.17, 15) is 4.79 Å². The molecule has 3 nitrogen and oxygen atoms in total. The molecule has 0 aliphatic rings. The largest absolute Gasteiger partial charge is 0.488 e. The molecule has 0 aromatic carbocycles. The second kappa shape index (κ2) is 5.70. The van der Waals surface area contributed by atoms with Crippen LogP contribution in [0, 0.1) is 0 Å². The van der Waals surface area contributed by atoms with E-state index in [2.05, 4.69) is 0 Å². The van der Waals surface area contributed by atoms with Gasteiger partial charge in [-0.3, -0.25) is 0 Å². The topological polar surface area (TPSA) is 46.5 Å². The molecule has 0 fully saturated rings. The van der Waals surface area contributed by atoms with Gasteiger partial charge in [0.1, 0.15) is 12.4 Å². The molecule has 0 unspecified atom stereocenters. The molecule has 1 aromatic heterocycles. The first-order chi connectivity index (χ1) is 7.56. The van der Waals surface area contributed by atoms with Crippen molar-refractivity contribution < 1.29 is 14.6 Å². The molecule has 0 spiro atoms. The van der Waals surface area contributed by atoms with Crippen LogP contribution >= 0.6 is 11.3 Å². The Morgan fingerprint density at radius 1 is 1.62 bits per heavy atom. The van der Waals surface area contributed by atoms with Gasteiger partial charge in [0.15, 0.2) is 4.88 Å². The molecule has 0 saturated carbocycles. The molecule has 0 radical (unpaired) electrons. The van der Waals surface area contributed by atoms with Gasteiger partial charge in [0.25, 0.3) is 0 Å². The van der Waals surface area contributed by atoms with Crippen molar-refractivity contribution in [1.82, 2.24) is 0 Å². The van der Waals surface area contributed by atoms with Crippen molar-refractivity contribution in [3.05, 3.63) is 28.0 Å². The molecule has 0 atom stereocenters. The van der Waals surface area contributed by atoms with Crippen LogP contribution in [0.15, 0.2) is 18.2 Å². The fourth-order valence-corrected chi connectivity index (χ4v) is 2.11. The lowest BCUT2D eigenvalue weighted by Crippen LogP contribution is -1.99. The Bertz CT molecular complexity index is 391. The van der Waals surface area contributed by atoms with E-state index >= 15 is 0 Å². The number of ether oxygens (including phenoxy) is 1. The number of hydrogen-bond acceptors (Lipinski definition) is 3. The third-order valence-corrected chi connectivity index (χ3v) is 3.46. The Balaban J connectivity index is 2.91. The Kier molecular flexibility index (Phi) is 4.55. The van der Waals surface area contributed by atoms with E-state index in [-0.39, 0.29) is 4.88 Å². The summed E-state index contributed by atoms with van der Waals surface area (Å²) >= 11 is 1.29. The van der Waals surface area contributed by atoms with Gasteiger partial charge >= 0.3 is 5.97 Å². The molecule has 0 bridgehead atoms. The first-order valence-electron chi connectivity index (χ1n) is 5.17. The van der Waals surface area contributed by atoms with Crippen molar-refractivity contribution in [2.24, 2.45) is 0 Å². The molecule has 4 heteroatoms. The molecule has 0 aliphatic carbocycles. The normalized spacial score (nSPS) is 11.2. The summed E-state index contributed by atoms with van der Waals surface area (Å²) in [7, 11) is 0. The molecule has 1 aromatic rings. The van der Waals surface area contributed by atoms with E-state index in [0.717, 1.165) is 4.88 Å². The molecule has 0 saturated heterocycles. The number of rotatable bonds is 5. The van der Waals surface area contributed by atoms with Crippen LogP contribution in [0.5, 0.6) is 5.75 Å². The van der Waals surface area contributed by atoms with Crippen LogP contribution < -0.4 is 4.74 Å². The molecule has 1 N–H and O–H groups in total. The summed E-state index contributed by atoms with van der Waals surface area (Å²) in [5, 5.41) is 9.03. The second-order valence-corrected chi connectivity index (χ2v) is 4.77. The van der Waals surface area contributed by atoms with E-state index in [0.29, 0.717) is 18.3 Å². The quantitative estimate of drug-likeness (QED) is 0.801. The molecular weight excluding hydrogens is 224 g/mol.